The molecule has 8 nitrogen and oxygen atoms in total. The number of aromatic nitrogens is 1. The number of nitrogens with one attached hydrogen (secondary N) is 1. The number of benzene rings is 2. The molecule has 1 atom stereocenters. The summed E-state index contributed by atoms with van der Waals surface area (Å²) in [5.41, 5.74) is 2.29. The number of halogens is 1. The predicted octanol–water partition coefficient (Wildman–Crippen LogP) is 3.42. The predicted molar refractivity (Wildman–Crippen MR) is 123 cm³/mol. The molecule has 0 bridgehead atoms. The lowest BCUT2D eigenvalue weighted by molar-refractivity contribution is -0.384. The fraction of sp³-hybridized carbons (Fsp3) is 0.250. The molecular weight excluding hydrogens is 425 g/mol. The zero-order valence-electron chi connectivity index (χ0n) is 17.9. The van der Waals surface area contributed by atoms with Crippen LogP contribution in [0.3, 0.4) is 0 Å². The highest BCUT2D eigenvalue weighted by molar-refractivity contribution is 5.94. The number of piperazine rings is 1. The summed E-state index contributed by atoms with van der Waals surface area (Å²) in [4.78, 5) is 31.7. The van der Waals surface area contributed by atoms with Gasteiger partial charge in [0.25, 0.3) is 11.6 Å². The van der Waals surface area contributed by atoms with Gasteiger partial charge < -0.3 is 10.2 Å². The van der Waals surface area contributed by atoms with Crippen molar-refractivity contribution < 1.29 is 14.1 Å². The Labute approximate surface area is 190 Å². The van der Waals surface area contributed by atoms with Crippen molar-refractivity contribution in [3.05, 3.63) is 100 Å². The lowest BCUT2D eigenvalue weighted by Gasteiger charge is -2.40. The van der Waals surface area contributed by atoms with Crippen LogP contribution in [-0.2, 0) is 0 Å². The number of hydrogen-bond donors (Lipinski definition) is 1. The standard InChI is InChI=1S/C24H24FN5O3/c25-20-5-9-21(10-6-20)28-12-14-29(15-13-28)23(19-2-1-11-26-16-19)17-27-24(31)18-3-7-22(8-4-18)30(32)33/h1-11,16,23H,12-15,17H2,(H,27,31)/t23-/m0/s1. The largest absolute Gasteiger partial charge is 0.369 e. The van der Waals surface area contributed by atoms with E-state index in [1.54, 1.807) is 24.5 Å². The Morgan fingerprint density at radius 1 is 1.06 bits per heavy atom. The quantitative estimate of drug-likeness (QED) is 0.439. The molecule has 170 valence electrons. The minimum Gasteiger partial charge on any atom is -0.369 e. The van der Waals surface area contributed by atoms with Gasteiger partial charge in [0.2, 0.25) is 0 Å². The van der Waals surface area contributed by atoms with Crippen molar-refractivity contribution >= 4 is 17.3 Å². The number of rotatable bonds is 7. The summed E-state index contributed by atoms with van der Waals surface area (Å²) in [6, 6.07) is 15.8. The summed E-state index contributed by atoms with van der Waals surface area (Å²) < 4.78 is 13.2. The number of nitro benzene ring substituents is 1. The lowest BCUT2D eigenvalue weighted by Crippen LogP contribution is -2.50. The molecule has 1 saturated heterocycles. The van der Waals surface area contributed by atoms with Gasteiger partial charge in [-0.1, -0.05) is 6.07 Å². The highest BCUT2D eigenvalue weighted by atomic mass is 19.1. The summed E-state index contributed by atoms with van der Waals surface area (Å²) in [5.74, 6) is -0.540. The zero-order chi connectivity index (χ0) is 23.2. The molecule has 3 aromatic rings. The topological polar surface area (TPSA) is 91.6 Å². The van der Waals surface area contributed by atoms with Crippen LogP contribution in [0, 0.1) is 15.9 Å². The van der Waals surface area contributed by atoms with Crippen molar-refractivity contribution in [2.45, 2.75) is 6.04 Å². The summed E-state index contributed by atoms with van der Waals surface area (Å²) in [7, 11) is 0. The Hall–Kier alpha value is -3.85. The van der Waals surface area contributed by atoms with Crippen LogP contribution in [0.25, 0.3) is 0 Å². The van der Waals surface area contributed by atoms with Crippen molar-refractivity contribution in [2.75, 3.05) is 37.6 Å². The van der Waals surface area contributed by atoms with Crippen LogP contribution in [0.15, 0.2) is 73.1 Å². The molecule has 0 unspecified atom stereocenters. The number of non-ortho nitro benzene ring substituents is 1. The number of pyridine rings is 1. The van der Waals surface area contributed by atoms with E-state index < -0.39 is 4.92 Å². The first kappa shape index (κ1) is 22.3. The summed E-state index contributed by atoms with van der Waals surface area (Å²) in [5, 5.41) is 13.8. The molecule has 4 rings (SSSR count). The zero-order valence-corrected chi connectivity index (χ0v) is 17.9. The Bertz CT molecular complexity index is 1090. The maximum Gasteiger partial charge on any atom is 0.269 e. The van der Waals surface area contributed by atoms with Gasteiger partial charge in [0.15, 0.2) is 0 Å². The third kappa shape index (κ3) is 5.50. The maximum absolute atomic E-state index is 13.2. The van der Waals surface area contributed by atoms with E-state index in [0.29, 0.717) is 12.1 Å². The Morgan fingerprint density at radius 3 is 2.36 bits per heavy atom. The molecule has 33 heavy (non-hydrogen) atoms. The van der Waals surface area contributed by atoms with Crippen LogP contribution in [0.1, 0.15) is 22.0 Å². The fourth-order valence-electron chi connectivity index (χ4n) is 4.00. The second-order valence-corrected chi connectivity index (χ2v) is 7.82. The lowest BCUT2D eigenvalue weighted by atomic mass is 10.1. The van der Waals surface area contributed by atoms with Crippen molar-refractivity contribution in [2.24, 2.45) is 0 Å². The summed E-state index contributed by atoms with van der Waals surface area (Å²) in [6.45, 7) is 3.46. The van der Waals surface area contributed by atoms with Gasteiger partial charge in [-0.15, -0.1) is 0 Å². The van der Waals surface area contributed by atoms with Crippen LogP contribution in [0.4, 0.5) is 15.8 Å². The molecule has 1 aliphatic heterocycles. The number of nitrogens with zero attached hydrogens (tertiary/aromatic N) is 4. The maximum atomic E-state index is 13.2. The van der Waals surface area contributed by atoms with Crippen LogP contribution >= 0.6 is 0 Å². The van der Waals surface area contributed by atoms with Gasteiger partial charge in [-0.25, -0.2) is 4.39 Å². The van der Waals surface area contributed by atoms with Gasteiger partial charge in [0.1, 0.15) is 5.82 Å². The number of carbonyl (C=O) groups is 1. The van der Waals surface area contributed by atoms with Crippen LogP contribution in [0.2, 0.25) is 0 Å². The van der Waals surface area contributed by atoms with Crippen molar-refractivity contribution in [1.29, 1.82) is 0 Å². The molecule has 0 spiro atoms. The minimum atomic E-state index is -0.494. The molecule has 1 aromatic heterocycles. The number of hydrogen-bond acceptors (Lipinski definition) is 6. The first-order valence-corrected chi connectivity index (χ1v) is 10.7. The van der Waals surface area contributed by atoms with E-state index in [0.717, 1.165) is 37.4 Å². The van der Waals surface area contributed by atoms with Gasteiger partial charge in [-0.3, -0.25) is 24.8 Å². The average molecular weight is 449 g/mol. The minimum absolute atomic E-state index is 0.0567. The highest BCUT2D eigenvalue weighted by Crippen LogP contribution is 2.24. The second kappa shape index (κ2) is 10.2. The molecule has 2 heterocycles. The van der Waals surface area contributed by atoms with Crippen molar-refractivity contribution in [3.63, 3.8) is 0 Å². The highest BCUT2D eigenvalue weighted by Gasteiger charge is 2.26. The third-order valence-corrected chi connectivity index (χ3v) is 5.81. The Balaban J connectivity index is 1.42. The van der Waals surface area contributed by atoms with E-state index in [1.807, 2.05) is 12.1 Å². The molecule has 0 saturated carbocycles. The number of amides is 1. The van der Waals surface area contributed by atoms with E-state index in [1.165, 1.54) is 36.4 Å². The third-order valence-electron chi connectivity index (χ3n) is 5.81. The van der Waals surface area contributed by atoms with Crippen molar-refractivity contribution in [3.8, 4) is 0 Å². The van der Waals surface area contributed by atoms with Gasteiger partial charge in [0, 0.05) is 68.5 Å². The van der Waals surface area contributed by atoms with Gasteiger partial charge >= 0.3 is 0 Å². The van der Waals surface area contributed by atoms with Gasteiger partial charge in [-0.2, -0.15) is 0 Å². The van der Waals surface area contributed by atoms with E-state index in [-0.39, 0.29) is 23.5 Å². The van der Waals surface area contributed by atoms with Gasteiger partial charge in [0.05, 0.1) is 11.0 Å². The molecular formula is C24H24FN5O3. The molecule has 1 aliphatic rings. The molecule has 0 radical (unpaired) electrons. The SMILES string of the molecule is O=C(NC[C@@H](c1cccnc1)N1CCN(c2ccc(F)cc2)CC1)c1ccc([N+](=O)[O-])cc1. The Kier molecular flexibility index (Phi) is 6.89. The van der Waals surface area contributed by atoms with Crippen LogP contribution in [-0.4, -0.2) is 53.4 Å². The smallest absolute Gasteiger partial charge is 0.269 e. The molecule has 1 fully saturated rings. The molecule has 1 N–H and O–H groups in total. The summed E-state index contributed by atoms with van der Waals surface area (Å²) >= 11 is 0. The average Bonchev–Trinajstić information content (AvgIpc) is 2.85. The van der Waals surface area contributed by atoms with E-state index in [2.05, 4.69) is 20.1 Å². The molecule has 0 aliphatic carbocycles. The van der Waals surface area contributed by atoms with E-state index in [9.17, 15) is 19.3 Å². The first-order chi connectivity index (χ1) is 16.0. The first-order valence-electron chi connectivity index (χ1n) is 10.7. The van der Waals surface area contributed by atoms with Gasteiger partial charge in [-0.05, 0) is 48.0 Å². The van der Waals surface area contributed by atoms with Crippen LogP contribution in [0.5, 0.6) is 0 Å². The molecule has 1 amide bonds. The number of anilines is 1. The van der Waals surface area contributed by atoms with Crippen molar-refractivity contribution in [1.82, 2.24) is 15.2 Å². The Morgan fingerprint density at radius 2 is 1.76 bits per heavy atom. The van der Waals surface area contributed by atoms with E-state index in [4.69, 9.17) is 0 Å². The monoisotopic (exact) mass is 449 g/mol. The van der Waals surface area contributed by atoms with E-state index >= 15 is 0 Å². The summed E-state index contributed by atoms with van der Waals surface area (Å²) in [6.07, 6.45) is 3.51. The fourth-order valence-corrected chi connectivity index (χ4v) is 4.00. The number of carbonyl (C=O) groups excluding carboxylic acids is 1. The number of nitro groups is 1. The molecule has 2 aromatic carbocycles. The normalized spacial score (nSPS) is 15.1. The second-order valence-electron chi connectivity index (χ2n) is 7.82. The van der Waals surface area contributed by atoms with Crippen LogP contribution < -0.4 is 10.2 Å². The molecule has 9 heteroatoms.